The van der Waals surface area contributed by atoms with E-state index in [2.05, 4.69) is 6.07 Å². The smallest absolute Gasteiger partial charge is 0.231 e. The first-order valence-corrected chi connectivity index (χ1v) is 6.65. The summed E-state index contributed by atoms with van der Waals surface area (Å²) in [6.07, 6.45) is 0.356. The molecule has 0 fully saturated rings. The molecular weight excluding hydrogens is 248 g/mol. The normalized spacial score (nSPS) is 10.3. The third-order valence-corrected chi connectivity index (χ3v) is 3.39. The fourth-order valence-corrected chi connectivity index (χ4v) is 2.31. The molecule has 20 heavy (non-hydrogen) atoms. The van der Waals surface area contributed by atoms with Gasteiger partial charge in [0.05, 0.1) is 6.42 Å². The van der Waals surface area contributed by atoms with Gasteiger partial charge in [0.15, 0.2) is 0 Å². The van der Waals surface area contributed by atoms with Gasteiger partial charge < -0.3 is 10.6 Å². The Hall–Kier alpha value is -2.29. The van der Waals surface area contributed by atoms with Crippen LogP contribution in [0.25, 0.3) is 0 Å². The minimum Gasteiger partial charge on any atom is -0.399 e. The molecule has 2 aromatic carbocycles. The van der Waals surface area contributed by atoms with E-state index in [0.29, 0.717) is 12.1 Å². The predicted molar refractivity (Wildman–Crippen MR) is 83.9 cm³/mol. The van der Waals surface area contributed by atoms with Crippen LogP contribution in [0.1, 0.15) is 16.7 Å². The Morgan fingerprint density at radius 1 is 1.15 bits per heavy atom. The van der Waals surface area contributed by atoms with Gasteiger partial charge in [-0.1, -0.05) is 29.8 Å². The number of amides is 1. The molecule has 0 heterocycles. The molecular formula is C17H20N2O. The largest absolute Gasteiger partial charge is 0.399 e. The maximum atomic E-state index is 12.3. The van der Waals surface area contributed by atoms with Gasteiger partial charge in [-0.25, -0.2) is 0 Å². The van der Waals surface area contributed by atoms with Crippen molar-refractivity contribution in [2.75, 3.05) is 17.7 Å². The van der Waals surface area contributed by atoms with Crippen LogP contribution in [-0.2, 0) is 11.2 Å². The van der Waals surface area contributed by atoms with Crippen molar-refractivity contribution in [2.45, 2.75) is 20.3 Å². The molecule has 0 unspecified atom stereocenters. The van der Waals surface area contributed by atoms with E-state index >= 15 is 0 Å². The van der Waals surface area contributed by atoms with Gasteiger partial charge in [-0.2, -0.15) is 0 Å². The molecule has 104 valence electrons. The Balaban J connectivity index is 2.16. The highest BCUT2D eigenvalue weighted by molar-refractivity contribution is 5.95. The van der Waals surface area contributed by atoms with Gasteiger partial charge in [0.2, 0.25) is 5.91 Å². The summed E-state index contributed by atoms with van der Waals surface area (Å²) in [7, 11) is 1.81. The average Bonchev–Trinajstić information content (AvgIpc) is 2.38. The lowest BCUT2D eigenvalue weighted by Gasteiger charge is -2.20. The van der Waals surface area contributed by atoms with Crippen LogP contribution < -0.4 is 10.6 Å². The van der Waals surface area contributed by atoms with Crippen LogP contribution in [0.3, 0.4) is 0 Å². The predicted octanol–water partition coefficient (Wildman–Crippen LogP) is 3.09. The summed E-state index contributed by atoms with van der Waals surface area (Å²) >= 11 is 0. The lowest BCUT2D eigenvalue weighted by Crippen LogP contribution is -2.28. The number of nitrogens with zero attached hydrogens (tertiary/aromatic N) is 1. The molecule has 0 aliphatic carbocycles. The fraction of sp³-hybridized carbons (Fsp3) is 0.235. The Labute approximate surface area is 120 Å². The third kappa shape index (κ3) is 3.18. The molecule has 0 spiro atoms. The Morgan fingerprint density at radius 3 is 2.55 bits per heavy atom. The minimum absolute atomic E-state index is 0.0579. The Morgan fingerprint density at radius 2 is 1.90 bits per heavy atom. The fourth-order valence-electron chi connectivity index (χ4n) is 2.31. The summed E-state index contributed by atoms with van der Waals surface area (Å²) in [5, 5.41) is 0. The van der Waals surface area contributed by atoms with Crippen LogP contribution in [0.2, 0.25) is 0 Å². The molecule has 3 heteroatoms. The monoisotopic (exact) mass is 268 g/mol. The molecule has 0 radical (unpaired) electrons. The zero-order chi connectivity index (χ0) is 14.7. The van der Waals surface area contributed by atoms with E-state index < -0.39 is 0 Å². The van der Waals surface area contributed by atoms with Crippen LogP contribution in [0.15, 0.2) is 42.5 Å². The van der Waals surface area contributed by atoms with E-state index in [0.717, 1.165) is 16.8 Å². The van der Waals surface area contributed by atoms with Crippen LogP contribution in [-0.4, -0.2) is 13.0 Å². The molecule has 3 nitrogen and oxygen atoms in total. The Bertz CT molecular complexity index is 635. The lowest BCUT2D eigenvalue weighted by molar-refractivity contribution is -0.117. The number of hydrogen-bond donors (Lipinski definition) is 1. The standard InChI is InChI=1S/C17H20N2O/c1-12-7-8-16(13(2)9-12)19(3)17(20)11-14-5-4-6-15(18)10-14/h4-10H,11,18H2,1-3H3. The van der Waals surface area contributed by atoms with Gasteiger partial charge in [-0.3, -0.25) is 4.79 Å². The summed E-state index contributed by atoms with van der Waals surface area (Å²) < 4.78 is 0. The number of rotatable bonds is 3. The zero-order valence-corrected chi connectivity index (χ0v) is 12.2. The number of carbonyl (C=O) groups excluding carboxylic acids is 1. The van der Waals surface area contributed by atoms with Crippen LogP contribution in [0, 0.1) is 13.8 Å². The summed E-state index contributed by atoms with van der Waals surface area (Å²) in [6, 6.07) is 13.5. The summed E-state index contributed by atoms with van der Waals surface area (Å²) in [4.78, 5) is 14.1. The molecule has 0 aromatic heterocycles. The second-order valence-corrected chi connectivity index (χ2v) is 5.16. The van der Waals surface area contributed by atoms with Gasteiger partial charge in [-0.15, -0.1) is 0 Å². The molecule has 0 aliphatic heterocycles. The Kier molecular flexibility index (Phi) is 4.08. The molecule has 0 atom stereocenters. The first-order chi connectivity index (χ1) is 9.47. The molecule has 0 saturated heterocycles. The first kappa shape index (κ1) is 14.1. The molecule has 0 bridgehead atoms. The number of benzene rings is 2. The quantitative estimate of drug-likeness (QED) is 0.869. The highest BCUT2D eigenvalue weighted by Gasteiger charge is 2.13. The van der Waals surface area contributed by atoms with Gasteiger partial charge >= 0.3 is 0 Å². The molecule has 2 rings (SSSR count). The van der Waals surface area contributed by atoms with Gasteiger partial charge in [0.25, 0.3) is 0 Å². The van der Waals surface area contributed by atoms with E-state index in [1.165, 1.54) is 5.56 Å². The van der Waals surface area contributed by atoms with Crippen molar-refractivity contribution in [2.24, 2.45) is 0 Å². The van der Waals surface area contributed by atoms with E-state index in [1.54, 1.807) is 4.90 Å². The summed E-state index contributed by atoms with van der Waals surface area (Å²) in [5.74, 6) is 0.0579. The van der Waals surface area contributed by atoms with Gasteiger partial charge in [0, 0.05) is 18.4 Å². The van der Waals surface area contributed by atoms with Crippen molar-refractivity contribution in [3.63, 3.8) is 0 Å². The number of likely N-dealkylation sites (N-methyl/N-ethyl adjacent to an activating group) is 1. The maximum absolute atomic E-state index is 12.3. The van der Waals surface area contributed by atoms with Crippen molar-refractivity contribution in [1.82, 2.24) is 0 Å². The summed E-state index contributed by atoms with van der Waals surface area (Å²) in [5.41, 5.74) is 10.6. The van der Waals surface area contributed by atoms with Crippen LogP contribution >= 0.6 is 0 Å². The number of nitrogen functional groups attached to an aromatic ring is 1. The highest BCUT2D eigenvalue weighted by Crippen LogP contribution is 2.21. The molecule has 0 saturated carbocycles. The third-order valence-electron chi connectivity index (χ3n) is 3.39. The second kappa shape index (κ2) is 5.78. The van der Waals surface area contributed by atoms with E-state index in [1.807, 2.05) is 57.3 Å². The molecule has 2 N–H and O–H groups in total. The lowest BCUT2D eigenvalue weighted by atomic mass is 10.1. The van der Waals surface area contributed by atoms with E-state index in [9.17, 15) is 4.79 Å². The number of anilines is 2. The number of hydrogen-bond acceptors (Lipinski definition) is 2. The van der Waals surface area contributed by atoms with Crippen LogP contribution in [0.4, 0.5) is 11.4 Å². The van der Waals surface area contributed by atoms with E-state index in [-0.39, 0.29) is 5.91 Å². The number of nitrogens with two attached hydrogens (primary N) is 1. The zero-order valence-electron chi connectivity index (χ0n) is 12.2. The average molecular weight is 268 g/mol. The van der Waals surface area contributed by atoms with Crippen molar-refractivity contribution in [1.29, 1.82) is 0 Å². The second-order valence-electron chi connectivity index (χ2n) is 5.16. The summed E-state index contributed by atoms with van der Waals surface area (Å²) in [6.45, 7) is 4.07. The SMILES string of the molecule is Cc1ccc(N(C)C(=O)Cc2cccc(N)c2)c(C)c1. The van der Waals surface area contributed by atoms with E-state index in [4.69, 9.17) is 5.73 Å². The van der Waals surface area contributed by atoms with Gasteiger partial charge in [0.1, 0.15) is 0 Å². The van der Waals surface area contributed by atoms with Crippen molar-refractivity contribution >= 4 is 17.3 Å². The van der Waals surface area contributed by atoms with Crippen molar-refractivity contribution in [3.05, 3.63) is 59.2 Å². The first-order valence-electron chi connectivity index (χ1n) is 6.65. The van der Waals surface area contributed by atoms with Crippen LogP contribution in [0.5, 0.6) is 0 Å². The van der Waals surface area contributed by atoms with Crippen molar-refractivity contribution in [3.8, 4) is 0 Å². The van der Waals surface area contributed by atoms with Gasteiger partial charge in [-0.05, 0) is 43.2 Å². The maximum Gasteiger partial charge on any atom is 0.231 e. The highest BCUT2D eigenvalue weighted by atomic mass is 16.2. The number of carbonyl (C=O) groups is 1. The molecule has 2 aromatic rings. The van der Waals surface area contributed by atoms with Crippen molar-refractivity contribution < 1.29 is 4.79 Å². The topological polar surface area (TPSA) is 46.3 Å². The minimum atomic E-state index is 0.0579. The number of aryl methyl sites for hydroxylation is 2. The molecule has 1 amide bonds. The molecule has 0 aliphatic rings.